The molecular formula is C3H8O5. The third-order valence-electron chi connectivity index (χ3n) is 0.317. The largest absolute Gasteiger partial charge is 0.505 e. The fourth-order valence-corrected chi connectivity index (χ4v) is 0.133. The highest BCUT2D eigenvalue weighted by atomic mass is 16.7. The van der Waals surface area contributed by atoms with Crippen LogP contribution in [0, 0.1) is 0 Å². The zero-order valence-electron chi connectivity index (χ0n) is 4.13. The summed E-state index contributed by atoms with van der Waals surface area (Å²) < 4.78 is 3.86. The molecule has 0 aromatic carbocycles. The average molecular weight is 124 g/mol. The molecule has 0 heterocycles. The predicted molar refractivity (Wildman–Crippen MR) is 24.7 cm³/mol. The summed E-state index contributed by atoms with van der Waals surface area (Å²) in [6.45, 7) is -0.401. The molecule has 0 rings (SSSR count). The van der Waals surface area contributed by atoms with E-state index in [0.29, 0.717) is 0 Å². The number of rotatable bonds is 2. The van der Waals surface area contributed by atoms with Crippen molar-refractivity contribution in [3.8, 4) is 0 Å². The quantitative estimate of drug-likeness (QED) is 0.454. The Bertz CT molecular complexity index is 60.7. The third kappa shape index (κ3) is 8.95. The van der Waals surface area contributed by atoms with Gasteiger partial charge in [0.25, 0.3) is 0 Å². The minimum atomic E-state index is -1.35. The maximum Gasteiger partial charge on any atom is 0.505 e. The smallest absolute Gasteiger partial charge is 0.450 e. The van der Waals surface area contributed by atoms with E-state index in [2.05, 4.69) is 4.74 Å². The number of hydrogen-bond acceptors (Lipinski definition) is 3. The van der Waals surface area contributed by atoms with Crippen LogP contribution >= 0.6 is 0 Å². The standard InChI is InChI=1S/C3H6O4.H2O/c4-1-2-7-3(5)6;/h4H,1-2H2,(H,5,6);1H2. The van der Waals surface area contributed by atoms with Gasteiger partial charge in [-0.2, -0.15) is 0 Å². The van der Waals surface area contributed by atoms with Crippen molar-refractivity contribution in [1.29, 1.82) is 0 Å². The molecule has 0 amide bonds. The molecule has 0 spiro atoms. The molecule has 0 aliphatic rings. The molecule has 0 saturated carbocycles. The Morgan fingerprint density at radius 3 is 2.25 bits per heavy atom. The van der Waals surface area contributed by atoms with Crippen LogP contribution in [0.3, 0.4) is 0 Å². The average Bonchev–Trinajstić information content (AvgIpc) is 1.61. The van der Waals surface area contributed by atoms with Gasteiger partial charge in [0.2, 0.25) is 0 Å². The minimum Gasteiger partial charge on any atom is -0.450 e. The molecule has 0 aliphatic carbocycles. The lowest BCUT2D eigenvalue weighted by atomic mass is 10.8. The highest BCUT2D eigenvalue weighted by Crippen LogP contribution is 1.71. The van der Waals surface area contributed by atoms with E-state index in [1.54, 1.807) is 0 Å². The molecule has 0 bridgehead atoms. The second-order valence-corrected chi connectivity index (χ2v) is 0.838. The molecule has 0 aromatic rings. The molecular weight excluding hydrogens is 116 g/mol. The summed E-state index contributed by atoms with van der Waals surface area (Å²) in [7, 11) is 0. The van der Waals surface area contributed by atoms with Crippen molar-refractivity contribution in [1.82, 2.24) is 0 Å². The van der Waals surface area contributed by atoms with E-state index in [1.807, 2.05) is 0 Å². The Hall–Kier alpha value is -0.810. The van der Waals surface area contributed by atoms with E-state index < -0.39 is 6.16 Å². The van der Waals surface area contributed by atoms with Crippen molar-refractivity contribution < 1.29 is 25.2 Å². The number of carboxylic acid groups (broad SMARTS) is 1. The van der Waals surface area contributed by atoms with Crippen molar-refractivity contribution >= 4 is 6.16 Å². The Balaban J connectivity index is 0. The number of aliphatic hydroxyl groups excluding tert-OH is 1. The van der Waals surface area contributed by atoms with Crippen LogP contribution in [-0.2, 0) is 4.74 Å². The molecule has 0 saturated heterocycles. The summed E-state index contributed by atoms with van der Waals surface area (Å²) in [5.41, 5.74) is 0. The first-order valence-electron chi connectivity index (χ1n) is 1.74. The second kappa shape index (κ2) is 6.19. The van der Waals surface area contributed by atoms with Gasteiger partial charge in [-0.15, -0.1) is 0 Å². The van der Waals surface area contributed by atoms with Gasteiger partial charge in [0, 0.05) is 0 Å². The summed E-state index contributed by atoms with van der Waals surface area (Å²) in [6, 6.07) is 0. The molecule has 8 heavy (non-hydrogen) atoms. The van der Waals surface area contributed by atoms with E-state index in [-0.39, 0.29) is 18.7 Å². The molecule has 0 unspecified atom stereocenters. The van der Waals surface area contributed by atoms with Crippen LogP contribution in [0.2, 0.25) is 0 Å². The van der Waals surface area contributed by atoms with Gasteiger partial charge in [-0.25, -0.2) is 4.79 Å². The summed E-state index contributed by atoms with van der Waals surface area (Å²) in [4.78, 5) is 9.42. The number of ether oxygens (including phenoxy) is 1. The molecule has 0 atom stereocenters. The summed E-state index contributed by atoms with van der Waals surface area (Å²) in [5.74, 6) is 0. The van der Waals surface area contributed by atoms with Crippen molar-refractivity contribution in [2.24, 2.45) is 0 Å². The maximum absolute atomic E-state index is 9.42. The van der Waals surface area contributed by atoms with Crippen LogP contribution in [0.4, 0.5) is 4.79 Å². The van der Waals surface area contributed by atoms with Crippen LogP contribution in [-0.4, -0.2) is 35.1 Å². The zero-order chi connectivity index (χ0) is 5.70. The first-order valence-corrected chi connectivity index (χ1v) is 1.74. The number of hydrogen-bond donors (Lipinski definition) is 2. The highest BCUT2D eigenvalue weighted by molar-refractivity contribution is 5.56. The van der Waals surface area contributed by atoms with Crippen molar-refractivity contribution in [2.45, 2.75) is 0 Å². The summed E-state index contributed by atoms with van der Waals surface area (Å²) in [5, 5.41) is 15.6. The van der Waals surface area contributed by atoms with E-state index in [1.165, 1.54) is 0 Å². The SMILES string of the molecule is O.O=C(O)OCCO. The van der Waals surface area contributed by atoms with E-state index in [9.17, 15) is 4.79 Å². The Kier molecular flexibility index (Phi) is 7.91. The van der Waals surface area contributed by atoms with E-state index >= 15 is 0 Å². The van der Waals surface area contributed by atoms with Crippen LogP contribution in [0.25, 0.3) is 0 Å². The van der Waals surface area contributed by atoms with Gasteiger partial charge in [0.1, 0.15) is 6.61 Å². The molecule has 5 heteroatoms. The Morgan fingerprint density at radius 2 is 2.12 bits per heavy atom. The van der Waals surface area contributed by atoms with Gasteiger partial charge in [-0.1, -0.05) is 0 Å². The lowest BCUT2D eigenvalue weighted by Gasteiger charge is -1.91. The summed E-state index contributed by atoms with van der Waals surface area (Å²) >= 11 is 0. The molecule has 0 aromatic heterocycles. The normalized spacial score (nSPS) is 7.12. The predicted octanol–water partition coefficient (Wildman–Crippen LogP) is -1.15. The molecule has 4 N–H and O–H groups in total. The van der Waals surface area contributed by atoms with Crippen molar-refractivity contribution in [3.63, 3.8) is 0 Å². The van der Waals surface area contributed by atoms with Crippen molar-refractivity contribution in [3.05, 3.63) is 0 Å². The lowest BCUT2D eigenvalue weighted by molar-refractivity contribution is 0.0743. The van der Waals surface area contributed by atoms with Gasteiger partial charge >= 0.3 is 6.16 Å². The topological polar surface area (TPSA) is 98.3 Å². The Labute approximate surface area is 45.8 Å². The fraction of sp³-hybridized carbons (Fsp3) is 0.667. The Morgan fingerprint density at radius 1 is 1.62 bits per heavy atom. The highest BCUT2D eigenvalue weighted by Gasteiger charge is 1.90. The van der Waals surface area contributed by atoms with E-state index in [0.717, 1.165) is 0 Å². The monoisotopic (exact) mass is 124 g/mol. The number of carbonyl (C=O) groups is 1. The van der Waals surface area contributed by atoms with Gasteiger partial charge in [-0.05, 0) is 0 Å². The van der Waals surface area contributed by atoms with Gasteiger partial charge in [0.15, 0.2) is 0 Å². The van der Waals surface area contributed by atoms with Crippen LogP contribution in [0.15, 0.2) is 0 Å². The van der Waals surface area contributed by atoms with Crippen LogP contribution in [0.5, 0.6) is 0 Å². The molecule has 50 valence electrons. The minimum absolute atomic E-state index is 0. The van der Waals surface area contributed by atoms with E-state index in [4.69, 9.17) is 10.2 Å². The molecule has 0 fully saturated rings. The molecule has 0 aliphatic heterocycles. The van der Waals surface area contributed by atoms with Crippen LogP contribution < -0.4 is 0 Å². The fourth-order valence-electron chi connectivity index (χ4n) is 0.133. The maximum atomic E-state index is 9.42. The zero-order valence-corrected chi connectivity index (χ0v) is 4.13. The first-order chi connectivity index (χ1) is 3.27. The lowest BCUT2D eigenvalue weighted by Crippen LogP contribution is -2.04. The molecule has 5 nitrogen and oxygen atoms in total. The second-order valence-electron chi connectivity index (χ2n) is 0.838. The third-order valence-corrected chi connectivity index (χ3v) is 0.317. The van der Waals surface area contributed by atoms with Crippen LogP contribution in [0.1, 0.15) is 0 Å². The van der Waals surface area contributed by atoms with Gasteiger partial charge < -0.3 is 20.4 Å². The van der Waals surface area contributed by atoms with Gasteiger partial charge in [-0.3, -0.25) is 0 Å². The van der Waals surface area contributed by atoms with Gasteiger partial charge in [0.05, 0.1) is 6.61 Å². The molecule has 0 radical (unpaired) electrons. The van der Waals surface area contributed by atoms with Crippen molar-refractivity contribution in [2.75, 3.05) is 13.2 Å². The number of aliphatic hydroxyl groups is 1. The summed E-state index contributed by atoms with van der Waals surface area (Å²) in [6.07, 6.45) is -1.35. The first kappa shape index (κ1) is 10.2.